The van der Waals surface area contributed by atoms with Crippen molar-refractivity contribution in [2.45, 2.75) is 50.1 Å². The molecule has 0 spiro atoms. The van der Waals surface area contributed by atoms with E-state index in [0.717, 1.165) is 18.1 Å². The van der Waals surface area contributed by atoms with E-state index in [-0.39, 0.29) is 4.90 Å². The Labute approximate surface area is 132 Å². The summed E-state index contributed by atoms with van der Waals surface area (Å²) in [5, 5.41) is 11.8. The van der Waals surface area contributed by atoms with Crippen LogP contribution in [0.1, 0.15) is 38.2 Å². The summed E-state index contributed by atoms with van der Waals surface area (Å²) in [6.45, 7) is 3.22. The molecule has 0 heterocycles. The van der Waals surface area contributed by atoms with Gasteiger partial charge in [0.15, 0.2) is 5.96 Å². The van der Waals surface area contributed by atoms with Crippen LogP contribution in [0.15, 0.2) is 34.2 Å². The van der Waals surface area contributed by atoms with E-state index >= 15 is 0 Å². The average molecular weight is 324 g/mol. The lowest BCUT2D eigenvalue weighted by Gasteiger charge is -2.16. The predicted molar refractivity (Wildman–Crippen MR) is 88.0 cm³/mol. The number of primary sulfonamides is 1. The van der Waals surface area contributed by atoms with Gasteiger partial charge in [0.05, 0.1) is 11.4 Å². The molecule has 6 nitrogen and oxygen atoms in total. The van der Waals surface area contributed by atoms with E-state index in [1.165, 1.54) is 31.7 Å². The number of guanidine groups is 1. The van der Waals surface area contributed by atoms with Gasteiger partial charge in [-0.05, 0) is 37.5 Å². The fourth-order valence-electron chi connectivity index (χ4n) is 2.57. The van der Waals surface area contributed by atoms with E-state index in [9.17, 15) is 8.42 Å². The maximum absolute atomic E-state index is 11.4. The number of nitrogens with two attached hydrogens (primary N) is 1. The van der Waals surface area contributed by atoms with Crippen molar-refractivity contribution < 1.29 is 8.42 Å². The molecule has 4 N–H and O–H groups in total. The molecule has 22 heavy (non-hydrogen) atoms. The number of hydrogen-bond donors (Lipinski definition) is 3. The summed E-state index contributed by atoms with van der Waals surface area (Å²) in [5.74, 6) is 0.774. The van der Waals surface area contributed by atoms with Crippen molar-refractivity contribution in [1.82, 2.24) is 10.6 Å². The molecular weight excluding hydrogens is 300 g/mol. The van der Waals surface area contributed by atoms with Crippen molar-refractivity contribution in [3.8, 4) is 0 Å². The third kappa shape index (κ3) is 4.99. The van der Waals surface area contributed by atoms with Crippen LogP contribution in [0.3, 0.4) is 0 Å². The van der Waals surface area contributed by atoms with Crippen molar-refractivity contribution in [2.24, 2.45) is 10.1 Å². The number of nitrogens with one attached hydrogen (secondary N) is 2. The van der Waals surface area contributed by atoms with Crippen molar-refractivity contribution in [3.05, 3.63) is 29.8 Å². The molecule has 2 rings (SSSR count). The molecule has 1 fully saturated rings. The molecule has 0 radical (unpaired) electrons. The number of nitrogens with zero attached hydrogens (tertiary/aromatic N) is 1. The van der Waals surface area contributed by atoms with E-state index in [0.29, 0.717) is 12.6 Å². The number of sulfonamides is 1. The summed E-state index contributed by atoms with van der Waals surface area (Å²) < 4.78 is 22.7. The van der Waals surface area contributed by atoms with E-state index < -0.39 is 10.0 Å². The quantitative estimate of drug-likeness (QED) is 0.562. The lowest BCUT2D eigenvalue weighted by molar-refractivity contribution is 0.597. The molecule has 1 aliphatic carbocycles. The normalized spacial score (nSPS) is 16.7. The first-order chi connectivity index (χ1) is 10.5. The minimum Gasteiger partial charge on any atom is -0.357 e. The summed E-state index contributed by atoms with van der Waals surface area (Å²) in [7, 11) is -3.67. The van der Waals surface area contributed by atoms with Crippen LogP contribution in [0.25, 0.3) is 0 Å². The monoisotopic (exact) mass is 324 g/mol. The van der Waals surface area contributed by atoms with Crippen LogP contribution in [0.4, 0.5) is 0 Å². The van der Waals surface area contributed by atoms with E-state index in [4.69, 9.17) is 5.14 Å². The third-order valence-corrected chi connectivity index (χ3v) is 4.60. The predicted octanol–water partition coefficient (Wildman–Crippen LogP) is 1.33. The summed E-state index contributed by atoms with van der Waals surface area (Å²) >= 11 is 0. The summed E-state index contributed by atoms with van der Waals surface area (Å²) in [6, 6.07) is 7.07. The molecule has 0 bridgehead atoms. The number of rotatable bonds is 5. The smallest absolute Gasteiger partial charge is 0.238 e. The van der Waals surface area contributed by atoms with Crippen LogP contribution in [-0.2, 0) is 16.6 Å². The van der Waals surface area contributed by atoms with Gasteiger partial charge in [0, 0.05) is 12.6 Å². The minimum absolute atomic E-state index is 0.119. The molecule has 122 valence electrons. The first-order valence-electron chi connectivity index (χ1n) is 7.65. The minimum atomic E-state index is -3.67. The fourth-order valence-corrected chi connectivity index (χ4v) is 3.16. The largest absolute Gasteiger partial charge is 0.357 e. The van der Waals surface area contributed by atoms with Gasteiger partial charge in [-0.2, -0.15) is 0 Å². The summed E-state index contributed by atoms with van der Waals surface area (Å²) in [4.78, 5) is 4.65. The zero-order chi connectivity index (χ0) is 16.0. The standard InChI is InChI=1S/C15H24N4O2S/c1-2-17-15(19-13-7-3-4-8-13)18-11-12-6-5-9-14(10-12)22(16,20)21/h5-6,9-10,13H,2-4,7-8,11H2,1H3,(H2,16,20,21)(H2,17,18,19). The van der Waals surface area contributed by atoms with Gasteiger partial charge >= 0.3 is 0 Å². The first kappa shape index (κ1) is 16.8. The third-order valence-electron chi connectivity index (χ3n) is 3.69. The van der Waals surface area contributed by atoms with Crippen LogP contribution in [0, 0.1) is 0 Å². The number of aliphatic imine (C=N–C) groups is 1. The SMILES string of the molecule is CCNC(=NCc1cccc(S(N)(=O)=O)c1)NC1CCCC1. The topological polar surface area (TPSA) is 96.6 Å². The molecule has 1 saturated carbocycles. The maximum atomic E-state index is 11.4. The molecule has 0 aromatic heterocycles. The molecule has 0 saturated heterocycles. The van der Waals surface area contributed by atoms with Gasteiger partial charge in [-0.1, -0.05) is 25.0 Å². The molecule has 0 aliphatic heterocycles. The molecule has 0 unspecified atom stereocenters. The highest BCUT2D eigenvalue weighted by molar-refractivity contribution is 7.89. The molecule has 1 aliphatic rings. The van der Waals surface area contributed by atoms with Gasteiger partial charge in [-0.15, -0.1) is 0 Å². The maximum Gasteiger partial charge on any atom is 0.238 e. The molecule has 0 amide bonds. The molecule has 1 aromatic rings. The second-order valence-electron chi connectivity index (χ2n) is 5.51. The van der Waals surface area contributed by atoms with Crippen LogP contribution in [0.5, 0.6) is 0 Å². The van der Waals surface area contributed by atoms with Gasteiger partial charge in [-0.25, -0.2) is 18.5 Å². The second kappa shape index (κ2) is 7.60. The first-order valence-corrected chi connectivity index (χ1v) is 9.20. The highest BCUT2D eigenvalue weighted by Gasteiger charge is 2.15. The Morgan fingerprint density at radius 1 is 1.36 bits per heavy atom. The zero-order valence-corrected chi connectivity index (χ0v) is 13.7. The second-order valence-corrected chi connectivity index (χ2v) is 7.07. The highest BCUT2D eigenvalue weighted by atomic mass is 32.2. The van der Waals surface area contributed by atoms with Gasteiger partial charge in [0.1, 0.15) is 0 Å². The van der Waals surface area contributed by atoms with Crippen LogP contribution >= 0.6 is 0 Å². The Morgan fingerprint density at radius 2 is 2.09 bits per heavy atom. The van der Waals surface area contributed by atoms with Crippen LogP contribution in [0.2, 0.25) is 0 Å². The lowest BCUT2D eigenvalue weighted by Crippen LogP contribution is -2.42. The van der Waals surface area contributed by atoms with Crippen molar-refractivity contribution in [2.75, 3.05) is 6.54 Å². The van der Waals surface area contributed by atoms with E-state index in [2.05, 4.69) is 15.6 Å². The van der Waals surface area contributed by atoms with Crippen molar-refractivity contribution in [1.29, 1.82) is 0 Å². The zero-order valence-electron chi connectivity index (χ0n) is 12.9. The lowest BCUT2D eigenvalue weighted by atomic mass is 10.2. The molecular formula is C15H24N4O2S. The Morgan fingerprint density at radius 3 is 2.73 bits per heavy atom. The Kier molecular flexibility index (Phi) is 5.79. The fraction of sp³-hybridized carbons (Fsp3) is 0.533. The van der Waals surface area contributed by atoms with E-state index in [1.807, 2.05) is 13.0 Å². The van der Waals surface area contributed by atoms with Crippen molar-refractivity contribution in [3.63, 3.8) is 0 Å². The summed E-state index contributed by atoms with van der Waals surface area (Å²) in [5.41, 5.74) is 0.815. The number of benzene rings is 1. The van der Waals surface area contributed by atoms with Gasteiger partial charge < -0.3 is 10.6 Å². The molecule has 7 heteroatoms. The summed E-state index contributed by atoms with van der Waals surface area (Å²) in [6.07, 6.45) is 4.86. The van der Waals surface area contributed by atoms with E-state index in [1.54, 1.807) is 12.1 Å². The average Bonchev–Trinajstić information content (AvgIpc) is 2.97. The Balaban J connectivity index is 2.06. The van der Waals surface area contributed by atoms with Crippen molar-refractivity contribution >= 4 is 16.0 Å². The highest BCUT2D eigenvalue weighted by Crippen LogP contribution is 2.17. The molecule has 1 aromatic carbocycles. The number of hydrogen-bond acceptors (Lipinski definition) is 3. The Hall–Kier alpha value is -1.60. The van der Waals surface area contributed by atoms with Crippen LogP contribution in [-0.4, -0.2) is 27.0 Å². The Bertz CT molecular complexity index is 622. The van der Waals surface area contributed by atoms with Gasteiger partial charge in [-0.3, -0.25) is 0 Å². The van der Waals surface area contributed by atoms with Gasteiger partial charge in [0.2, 0.25) is 10.0 Å². The van der Waals surface area contributed by atoms with Crippen LogP contribution < -0.4 is 15.8 Å². The van der Waals surface area contributed by atoms with Gasteiger partial charge in [0.25, 0.3) is 0 Å². The molecule has 0 atom stereocenters.